The van der Waals surface area contributed by atoms with Crippen LogP contribution in [0.3, 0.4) is 0 Å². The summed E-state index contributed by atoms with van der Waals surface area (Å²) in [5, 5.41) is 15.1. The van der Waals surface area contributed by atoms with Gasteiger partial charge in [0.2, 0.25) is 0 Å². The third kappa shape index (κ3) is 2.86. The largest absolute Gasteiger partial charge is 0.480 e. The molecule has 8 heteroatoms. The average molecular weight is 260 g/mol. The predicted molar refractivity (Wildman–Crippen MR) is 60.8 cm³/mol. The molecule has 1 aromatic rings. The average Bonchev–Trinajstić information content (AvgIpc) is 2.27. The first-order chi connectivity index (χ1) is 7.43. The Labute approximate surface area is 102 Å². The molecule has 2 N–H and O–H groups in total. The first kappa shape index (κ1) is 12.8. The molecule has 0 saturated heterocycles. The van der Waals surface area contributed by atoms with E-state index in [1.165, 1.54) is 12.4 Å². The lowest BCUT2D eigenvalue weighted by molar-refractivity contribution is -0.137. The Bertz CT molecular complexity index is 370. The number of aliphatic carboxylic acids is 2. The molecule has 1 rings (SSSR count). The molecule has 6 nitrogen and oxygen atoms in total. The Morgan fingerprint density at radius 2 is 1.31 bits per heavy atom. The maximum Gasteiger partial charge on any atom is 0.322 e. The van der Waals surface area contributed by atoms with E-state index in [4.69, 9.17) is 10.2 Å². The number of hydrogen-bond acceptors (Lipinski definition) is 6. The van der Waals surface area contributed by atoms with Crippen LogP contribution in [0, 0.1) is 0 Å². The highest BCUT2D eigenvalue weighted by molar-refractivity contribution is 7.81. The molecule has 0 aliphatic heterocycles. The van der Waals surface area contributed by atoms with Crippen molar-refractivity contribution in [2.24, 2.45) is 0 Å². The summed E-state index contributed by atoms with van der Waals surface area (Å²) in [5.74, 6) is -2.29. The first-order valence-corrected chi connectivity index (χ1v) is 5.10. The molecule has 0 amide bonds. The summed E-state index contributed by atoms with van der Waals surface area (Å²) in [7, 11) is 0. The minimum absolute atomic E-state index is 0.144. The normalized spacial score (nSPS) is 14.1. The summed E-state index contributed by atoms with van der Waals surface area (Å²) < 4.78 is 0. The van der Waals surface area contributed by atoms with Gasteiger partial charge in [0.25, 0.3) is 0 Å². The van der Waals surface area contributed by atoms with Gasteiger partial charge in [-0.15, -0.1) is 0 Å². The van der Waals surface area contributed by atoms with E-state index < -0.39 is 22.4 Å². The second-order valence-electron chi connectivity index (χ2n) is 2.85. The van der Waals surface area contributed by atoms with E-state index in [2.05, 4.69) is 35.2 Å². The number of rotatable bonds is 4. The molecule has 0 aliphatic rings. The smallest absolute Gasteiger partial charge is 0.322 e. The van der Waals surface area contributed by atoms with Crippen molar-refractivity contribution < 1.29 is 19.8 Å². The summed E-state index contributed by atoms with van der Waals surface area (Å²) >= 11 is 7.61. The summed E-state index contributed by atoms with van der Waals surface area (Å²) in [4.78, 5) is 28.7. The highest BCUT2D eigenvalue weighted by Crippen LogP contribution is 2.20. The van der Waals surface area contributed by atoms with Gasteiger partial charge in [-0.1, -0.05) is 0 Å². The van der Waals surface area contributed by atoms with Gasteiger partial charge >= 0.3 is 11.9 Å². The number of aromatic nitrogens is 2. The Morgan fingerprint density at radius 1 is 1.00 bits per heavy atom. The topological polar surface area (TPSA) is 100 Å². The summed E-state index contributed by atoms with van der Waals surface area (Å²) in [6.07, 6.45) is 2.35. The van der Waals surface area contributed by atoms with Crippen molar-refractivity contribution in [3.8, 4) is 0 Å². The lowest BCUT2D eigenvalue weighted by Crippen LogP contribution is -2.11. The number of nitrogens with zero attached hydrogens (tertiary/aromatic N) is 2. The molecular formula is C8H8N2O4S2. The Morgan fingerprint density at radius 3 is 1.50 bits per heavy atom. The van der Waals surface area contributed by atoms with Crippen LogP contribution in [-0.4, -0.2) is 32.1 Å². The molecule has 0 fully saturated rings. The Kier molecular flexibility index (Phi) is 4.13. The number of thiol groups is 2. The van der Waals surface area contributed by atoms with Crippen LogP contribution in [0.2, 0.25) is 0 Å². The van der Waals surface area contributed by atoms with Gasteiger partial charge < -0.3 is 10.2 Å². The van der Waals surface area contributed by atoms with Crippen LogP contribution in [0.4, 0.5) is 0 Å². The molecule has 0 aliphatic carbocycles. The van der Waals surface area contributed by atoms with Crippen molar-refractivity contribution >= 4 is 37.2 Å². The molecule has 2 atom stereocenters. The van der Waals surface area contributed by atoms with E-state index in [1.807, 2.05) is 0 Å². The van der Waals surface area contributed by atoms with Crippen molar-refractivity contribution in [3.05, 3.63) is 23.8 Å². The molecule has 0 aromatic carbocycles. The fourth-order valence-corrected chi connectivity index (χ4v) is 1.15. The maximum atomic E-state index is 10.6. The number of carboxylic acids is 2. The lowest BCUT2D eigenvalue weighted by Gasteiger charge is -2.07. The van der Waals surface area contributed by atoms with Gasteiger partial charge in [0.05, 0.1) is 23.8 Å². The molecular weight excluding hydrogens is 252 g/mol. The zero-order valence-electron chi connectivity index (χ0n) is 7.81. The predicted octanol–water partition coefficient (Wildman–Crippen LogP) is 0.588. The summed E-state index contributed by atoms with van der Waals surface area (Å²) in [6, 6.07) is 0. The van der Waals surface area contributed by atoms with Crippen LogP contribution < -0.4 is 0 Å². The minimum Gasteiger partial charge on any atom is -0.480 e. The van der Waals surface area contributed by atoms with Gasteiger partial charge in [0, 0.05) is 0 Å². The molecule has 1 heterocycles. The van der Waals surface area contributed by atoms with E-state index in [1.54, 1.807) is 0 Å². The number of carboxylic acid groups (broad SMARTS) is 2. The zero-order valence-corrected chi connectivity index (χ0v) is 9.60. The summed E-state index contributed by atoms with van der Waals surface area (Å²) in [5.41, 5.74) is 0.288. The van der Waals surface area contributed by atoms with Gasteiger partial charge in [-0.3, -0.25) is 19.6 Å². The van der Waals surface area contributed by atoms with Crippen LogP contribution >= 0.6 is 25.3 Å². The van der Waals surface area contributed by atoms with Gasteiger partial charge in [-0.05, 0) is 0 Å². The van der Waals surface area contributed by atoms with Gasteiger partial charge in [0.1, 0.15) is 10.5 Å². The quantitative estimate of drug-likeness (QED) is 0.591. The van der Waals surface area contributed by atoms with Crippen molar-refractivity contribution in [1.82, 2.24) is 9.97 Å². The van der Waals surface area contributed by atoms with Crippen molar-refractivity contribution in [1.29, 1.82) is 0 Å². The SMILES string of the molecule is O=C(O)C(S)c1cnc(C(S)C(=O)O)cn1. The molecule has 1 aromatic heterocycles. The van der Waals surface area contributed by atoms with E-state index in [9.17, 15) is 9.59 Å². The maximum absolute atomic E-state index is 10.6. The third-order valence-electron chi connectivity index (χ3n) is 1.72. The fraction of sp³-hybridized carbons (Fsp3) is 0.250. The molecule has 0 saturated carbocycles. The highest BCUT2D eigenvalue weighted by Gasteiger charge is 2.20. The van der Waals surface area contributed by atoms with Crippen LogP contribution in [0.5, 0.6) is 0 Å². The number of carbonyl (C=O) groups is 2. The van der Waals surface area contributed by atoms with Gasteiger partial charge in [0.15, 0.2) is 0 Å². The zero-order chi connectivity index (χ0) is 12.3. The molecule has 2 unspecified atom stereocenters. The van der Waals surface area contributed by atoms with E-state index in [0.29, 0.717) is 0 Å². The van der Waals surface area contributed by atoms with Gasteiger partial charge in [-0.2, -0.15) is 25.3 Å². The third-order valence-corrected chi connectivity index (χ3v) is 2.69. The minimum atomic E-state index is -1.15. The lowest BCUT2D eigenvalue weighted by atomic mass is 10.3. The second-order valence-corrected chi connectivity index (χ2v) is 3.88. The molecule has 0 spiro atoms. The highest BCUT2D eigenvalue weighted by atomic mass is 32.1. The fourth-order valence-electron chi connectivity index (χ4n) is 0.883. The molecule has 0 bridgehead atoms. The second kappa shape index (κ2) is 5.17. The number of hydrogen-bond donors (Lipinski definition) is 4. The molecule has 0 radical (unpaired) electrons. The first-order valence-electron chi connectivity index (χ1n) is 4.07. The van der Waals surface area contributed by atoms with Gasteiger partial charge in [-0.25, -0.2) is 0 Å². The van der Waals surface area contributed by atoms with E-state index in [-0.39, 0.29) is 11.4 Å². The Balaban J connectivity index is 2.91. The van der Waals surface area contributed by atoms with Crippen LogP contribution in [-0.2, 0) is 9.59 Å². The molecule has 86 valence electrons. The van der Waals surface area contributed by atoms with Crippen LogP contribution in [0.15, 0.2) is 12.4 Å². The van der Waals surface area contributed by atoms with Crippen LogP contribution in [0.1, 0.15) is 21.9 Å². The van der Waals surface area contributed by atoms with Crippen molar-refractivity contribution in [3.63, 3.8) is 0 Å². The van der Waals surface area contributed by atoms with E-state index >= 15 is 0 Å². The van der Waals surface area contributed by atoms with Crippen molar-refractivity contribution in [2.75, 3.05) is 0 Å². The van der Waals surface area contributed by atoms with E-state index in [0.717, 1.165) is 0 Å². The monoisotopic (exact) mass is 260 g/mol. The standard InChI is InChI=1S/C8H8N2O4S2/c11-7(12)5(15)3-1-9-4(2-10-3)6(16)8(13)14/h1-2,5-6,15-16H,(H,11,12)(H,13,14). The Hall–Kier alpha value is -1.28. The molecule has 16 heavy (non-hydrogen) atoms. The van der Waals surface area contributed by atoms with Crippen molar-refractivity contribution in [2.45, 2.75) is 10.5 Å². The summed E-state index contributed by atoms with van der Waals surface area (Å²) in [6.45, 7) is 0. The van der Waals surface area contributed by atoms with Crippen LogP contribution in [0.25, 0.3) is 0 Å².